The number of benzene rings is 2. The third-order valence-electron chi connectivity index (χ3n) is 6.85. The second-order valence-corrected chi connectivity index (χ2v) is 9.36. The van der Waals surface area contributed by atoms with Crippen molar-refractivity contribution < 1.29 is 18.9 Å². The molecule has 0 spiro atoms. The van der Waals surface area contributed by atoms with E-state index in [2.05, 4.69) is 24.3 Å². The molecule has 6 heteroatoms. The van der Waals surface area contributed by atoms with E-state index in [0.717, 1.165) is 69.9 Å². The Morgan fingerprint density at radius 3 is 1.26 bits per heavy atom. The summed E-state index contributed by atoms with van der Waals surface area (Å²) >= 11 is 0. The van der Waals surface area contributed by atoms with Crippen LogP contribution in [0.2, 0.25) is 0 Å². The van der Waals surface area contributed by atoms with Crippen LogP contribution in [0.25, 0.3) is 0 Å². The Morgan fingerprint density at radius 2 is 0.903 bits per heavy atom. The summed E-state index contributed by atoms with van der Waals surface area (Å²) in [6.45, 7) is 3.33. The van der Waals surface area contributed by atoms with Gasteiger partial charge in [-0.25, -0.2) is 0 Å². The maximum Gasteiger partial charge on any atom is 0.0851 e. The first kappa shape index (κ1) is 19.6. The van der Waals surface area contributed by atoms with E-state index in [0.29, 0.717) is 12.2 Å². The summed E-state index contributed by atoms with van der Waals surface area (Å²) in [6.07, 6.45) is 5.64. The van der Waals surface area contributed by atoms with E-state index in [4.69, 9.17) is 30.4 Å². The highest BCUT2D eigenvalue weighted by Crippen LogP contribution is 2.35. The second-order valence-electron chi connectivity index (χ2n) is 9.36. The van der Waals surface area contributed by atoms with Gasteiger partial charge in [0.2, 0.25) is 0 Å². The Balaban J connectivity index is 1.43. The van der Waals surface area contributed by atoms with Crippen molar-refractivity contribution in [2.24, 2.45) is 0 Å². The van der Waals surface area contributed by atoms with E-state index in [1.165, 1.54) is 33.4 Å². The van der Waals surface area contributed by atoms with Gasteiger partial charge in [0.1, 0.15) is 0 Å². The summed E-state index contributed by atoms with van der Waals surface area (Å²) < 4.78 is 22.2. The number of nitrogens with two attached hydrogens (primary N) is 2. The second kappa shape index (κ2) is 7.78. The molecule has 4 aliphatic heterocycles. The van der Waals surface area contributed by atoms with Crippen LogP contribution in [0.3, 0.4) is 0 Å². The summed E-state index contributed by atoms with van der Waals surface area (Å²) in [4.78, 5) is 0. The fourth-order valence-electron chi connectivity index (χ4n) is 4.69. The first-order valence-electron chi connectivity index (χ1n) is 11.4. The molecule has 4 unspecified atom stereocenters. The molecule has 0 saturated carbocycles. The Morgan fingerprint density at radius 1 is 0.548 bits per heavy atom. The lowest BCUT2D eigenvalue weighted by Gasteiger charge is -2.21. The van der Waals surface area contributed by atoms with Gasteiger partial charge >= 0.3 is 0 Å². The van der Waals surface area contributed by atoms with Crippen molar-refractivity contribution in [2.45, 2.75) is 56.5 Å². The molecule has 2 aromatic carbocycles. The Bertz CT molecular complexity index is 912. The van der Waals surface area contributed by atoms with E-state index >= 15 is 0 Å². The van der Waals surface area contributed by atoms with Crippen LogP contribution >= 0.6 is 0 Å². The zero-order valence-electron chi connectivity index (χ0n) is 17.8. The lowest BCUT2D eigenvalue weighted by molar-refractivity contribution is 0.405. The molecular formula is C25H30N2O4. The summed E-state index contributed by atoms with van der Waals surface area (Å²) in [6, 6.07) is 8.47. The predicted octanol–water partition coefficient (Wildman–Crippen LogP) is 2.21. The third-order valence-corrected chi connectivity index (χ3v) is 6.85. The van der Waals surface area contributed by atoms with Crippen molar-refractivity contribution in [1.29, 1.82) is 0 Å². The van der Waals surface area contributed by atoms with Gasteiger partial charge in [0.25, 0.3) is 0 Å². The summed E-state index contributed by atoms with van der Waals surface area (Å²) in [7, 11) is 0. The number of hydrogen-bond donors (Lipinski definition) is 2. The van der Waals surface area contributed by atoms with Crippen molar-refractivity contribution in [2.75, 3.05) is 37.9 Å². The minimum absolute atomic E-state index is 0.285. The van der Waals surface area contributed by atoms with Crippen molar-refractivity contribution in [1.82, 2.24) is 0 Å². The van der Waals surface area contributed by atoms with Crippen LogP contribution in [-0.2, 0) is 51.1 Å². The highest BCUT2D eigenvalue weighted by atomic mass is 16.6. The molecule has 164 valence electrons. The highest BCUT2D eigenvalue weighted by molar-refractivity contribution is 5.60. The molecule has 4 heterocycles. The molecule has 6 rings (SSSR count). The lowest BCUT2D eigenvalue weighted by atomic mass is 9.84. The standard InChI is InChI=1S/C25H30N2O4/c26-24-3-1-14(5-16-10-28-16)20(22(24)7-18-12-30-18)9-21-15(6-17-11-29-17)2-4-25(27)23(21)8-19-13-31-19/h1-4,16-19H,5-13,26-27H2. The van der Waals surface area contributed by atoms with Crippen molar-refractivity contribution in [3.05, 3.63) is 57.6 Å². The lowest BCUT2D eigenvalue weighted by Crippen LogP contribution is -2.14. The number of anilines is 2. The molecule has 31 heavy (non-hydrogen) atoms. The van der Waals surface area contributed by atoms with Crippen LogP contribution in [0.1, 0.15) is 33.4 Å². The smallest absolute Gasteiger partial charge is 0.0851 e. The third kappa shape index (κ3) is 4.58. The zero-order chi connectivity index (χ0) is 20.9. The van der Waals surface area contributed by atoms with E-state index in [9.17, 15) is 0 Å². The Labute approximate surface area is 182 Å². The molecule has 2 aromatic rings. The summed E-state index contributed by atoms with van der Waals surface area (Å²) in [5.74, 6) is 0. The van der Waals surface area contributed by atoms with Crippen molar-refractivity contribution in [3.63, 3.8) is 0 Å². The molecule has 6 nitrogen and oxygen atoms in total. The first-order chi connectivity index (χ1) is 15.1. The molecule has 4 aliphatic rings. The first-order valence-corrected chi connectivity index (χ1v) is 11.4. The van der Waals surface area contributed by atoms with E-state index in [-0.39, 0.29) is 12.2 Å². The number of epoxide rings is 4. The topological polar surface area (TPSA) is 102 Å². The summed E-state index contributed by atoms with van der Waals surface area (Å²) in [5, 5.41) is 0. The van der Waals surface area contributed by atoms with Gasteiger partial charge in [0, 0.05) is 37.1 Å². The predicted molar refractivity (Wildman–Crippen MR) is 118 cm³/mol. The molecule has 4 N–H and O–H groups in total. The minimum atomic E-state index is 0.285. The van der Waals surface area contributed by atoms with Gasteiger partial charge in [0.15, 0.2) is 0 Å². The average Bonchev–Trinajstić information content (AvgIpc) is 3.60. The molecular weight excluding hydrogens is 392 g/mol. The van der Waals surface area contributed by atoms with Gasteiger partial charge in [-0.2, -0.15) is 0 Å². The van der Waals surface area contributed by atoms with Crippen molar-refractivity contribution in [3.8, 4) is 0 Å². The molecule has 4 atom stereocenters. The van der Waals surface area contributed by atoms with Crippen LogP contribution in [-0.4, -0.2) is 50.8 Å². The normalized spacial score (nSPS) is 27.9. The molecule has 4 saturated heterocycles. The maximum atomic E-state index is 6.50. The highest BCUT2D eigenvalue weighted by Gasteiger charge is 2.31. The molecule has 0 aliphatic carbocycles. The summed E-state index contributed by atoms with van der Waals surface area (Å²) in [5.41, 5.74) is 22.5. The number of ether oxygens (including phenoxy) is 4. The van der Waals surface area contributed by atoms with Gasteiger partial charge in [-0.15, -0.1) is 0 Å². The largest absolute Gasteiger partial charge is 0.398 e. The quantitative estimate of drug-likeness (QED) is 0.450. The number of nitrogen functional groups attached to an aromatic ring is 2. The maximum absolute atomic E-state index is 6.50. The van der Waals surface area contributed by atoms with Crippen LogP contribution in [0.4, 0.5) is 11.4 Å². The van der Waals surface area contributed by atoms with E-state index in [1.54, 1.807) is 0 Å². The number of hydrogen-bond acceptors (Lipinski definition) is 6. The van der Waals surface area contributed by atoms with Gasteiger partial charge in [0.05, 0.1) is 50.8 Å². The molecule has 4 fully saturated rings. The molecule has 0 aromatic heterocycles. The fourth-order valence-corrected chi connectivity index (χ4v) is 4.69. The average molecular weight is 423 g/mol. The van der Waals surface area contributed by atoms with Crippen LogP contribution in [0, 0.1) is 0 Å². The van der Waals surface area contributed by atoms with Gasteiger partial charge in [-0.05, 0) is 51.9 Å². The van der Waals surface area contributed by atoms with E-state index < -0.39 is 0 Å². The minimum Gasteiger partial charge on any atom is -0.398 e. The zero-order valence-corrected chi connectivity index (χ0v) is 17.8. The fraction of sp³-hybridized carbons (Fsp3) is 0.520. The van der Waals surface area contributed by atoms with Gasteiger partial charge in [-0.1, -0.05) is 12.1 Å². The van der Waals surface area contributed by atoms with Gasteiger partial charge in [-0.3, -0.25) is 0 Å². The molecule has 0 amide bonds. The Hall–Kier alpha value is -2.12. The monoisotopic (exact) mass is 422 g/mol. The van der Waals surface area contributed by atoms with Crippen LogP contribution in [0.5, 0.6) is 0 Å². The molecule has 0 bridgehead atoms. The van der Waals surface area contributed by atoms with E-state index in [1.807, 2.05) is 0 Å². The van der Waals surface area contributed by atoms with Crippen LogP contribution < -0.4 is 11.5 Å². The molecule has 0 radical (unpaired) electrons. The SMILES string of the molecule is Nc1ccc(CC2CO2)c(Cc2c(CC3CO3)ccc(N)c2CC2CO2)c1CC1CO1. The van der Waals surface area contributed by atoms with Crippen LogP contribution in [0.15, 0.2) is 24.3 Å². The Kier molecular flexibility index (Phi) is 4.91. The number of rotatable bonds is 10. The van der Waals surface area contributed by atoms with Gasteiger partial charge < -0.3 is 30.4 Å². The van der Waals surface area contributed by atoms with Crippen molar-refractivity contribution >= 4 is 11.4 Å².